The standard InChI is InChI=1S/C10H11N3O2S/c1-5(10(14)15)12-7-3-4-11-9-8(7)13-6(2)16-9/h3-5H,1-2H3,(H,11,12)(H,14,15). The number of hydrogen-bond donors (Lipinski definition) is 2. The Hall–Kier alpha value is -1.69. The number of rotatable bonds is 3. The molecule has 2 aromatic heterocycles. The van der Waals surface area contributed by atoms with Crippen LogP contribution in [0.25, 0.3) is 10.3 Å². The van der Waals surface area contributed by atoms with Gasteiger partial charge in [0, 0.05) is 6.20 Å². The number of nitrogens with one attached hydrogen (secondary N) is 1. The van der Waals surface area contributed by atoms with Crippen LogP contribution in [-0.2, 0) is 4.79 Å². The molecule has 0 bridgehead atoms. The second kappa shape index (κ2) is 4.05. The molecule has 0 aromatic carbocycles. The van der Waals surface area contributed by atoms with Gasteiger partial charge in [0.05, 0.1) is 10.7 Å². The molecule has 0 aliphatic rings. The van der Waals surface area contributed by atoms with E-state index >= 15 is 0 Å². The number of carboxylic acid groups (broad SMARTS) is 1. The normalized spacial score (nSPS) is 12.6. The molecule has 0 amide bonds. The molecule has 1 unspecified atom stereocenters. The predicted molar refractivity (Wildman–Crippen MR) is 62.9 cm³/mol. The average Bonchev–Trinajstić information content (AvgIpc) is 2.59. The van der Waals surface area contributed by atoms with Gasteiger partial charge in [0.15, 0.2) is 0 Å². The maximum absolute atomic E-state index is 10.7. The van der Waals surface area contributed by atoms with Gasteiger partial charge in [-0.15, -0.1) is 0 Å². The number of thiazole rings is 1. The molecular formula is C10H11N3O2S. The molecule has 84 valence electrons. The SMILES string of the molecule is Cc1nc2c(NC(C)C(=O)O)ccnc2s1. The van der Waals surface area contributed by atoms with Gasteiger partial charge in [-0.3, -0.25) is 4.79 Å². The first-order valence-corrected chi connectivity index (χ1v) is 5.61. The molecule has 16 heavy (non-hydrogen) atoms. The molecule has 2 rings (SSSR count). The summed E-state index contributed by atoms with van der Waals surface area (Å²) in [6, 6.07) is 1.09. The van der Waals surface area contributed by atoms with E-state index in [1.807, 2.05) is 6.92 Å². The molecule has 0 saturated carbocycles. The van der Waals surface area contributed by atoms with Crippen molar-refractivity contribution in [2.75, 3.05) is 5.32 Å². The summed E-state index contributed by atoms with van der Waals surface area (Å²) < 4.78 is 0. The Balaban J connectivity index is 2.40. The van der Waals surface area contributed by atoms with Crippen LogP contribution in [-0.4, -0.2) is 27.1 Å². The van der Waals surface area contributed by atoms with Crippen molar-refractivity contribution in [3.63, 3.8) is 0 Å². The topological polar surface area (TPSA) is 75.1 Å². The zero-order valence-electron chi connectivity index (χ0n) is 8.89. The van der Waals surface area contributed by atoms with E-state index in [0.717, 1.165) is 15.4 Å². The Morgan fingerprint density at radius 1 is 1.62 bits per heavy atom. The van der Waals surface area contributed by atoms with Gasteiger partial charge in [0.25, 0.3) is 0 Å². The highest BCUT2D eigenvalue weighted by Gasteiger charge is 2.13. The van der Waals surface area contributed by atoms with Crippen LogP contribution in [0.2, 0.25) is 0 Å². The van der Waals surface area contributed by atoms with Crippen LogP contribution in [0, 0.1) is 6.92 Å². The molecule has 1 atom stereocenters. The fraction of sp³-hybridized carbons (Fsp3) is 0.300. The number of fused-ring (bicyclic) bond motifs is 1. The van der Waals surface area contributed by atoms with Crippen LogP contribution in [0.1, 0.15) is 11.9 Å². The van der Waals surface area contributed by atoms with E-state index in [2.05, 4.69) is 15.3 Å². The third kappa shape index (κ3) is 1.96. The van der Waals surface area contributed by atoms with Crippen LogP contribution in [0.4, 0.5) is 5.69 Å². The summed E-state index contributed by atoms with van der Waals surface area (Å²) in [7, 11) is 0. The van der Waals surface area contributed by atoms with Gasteiger partial charge in [0.2, 0.25) is 0 Å². The lowest BCUT2D eigenvalue weighted by molar-refractivity contribution is -0.137. The van der Waals surface area contributed by atoms with Gasteiger partial charge in [-0.25, -0.2) is 9.97 Å². The number of aromatic nitrogens is 2. The van der Waals surface area contributed by atoms with Gasteiger partial charge in [-0.2, -0.15) is 0 Å². The van der Waals surface area contributed by atoms with E-state index in [-0.39, 0.29) is 0 Å². The van der Waals surface area contributed by atoms with Crippen molar-refractivity contribution in [3.8, 4) is 0 Å². The summed E-state index contributed by atoms with van der Waals surface area (Å²) in [5.74, 6) is -0.892. The molecule has 0 radical (unpaired) electrons. The molecule has 2 heterocycles. The number of anilines is 1. The maximum Gasteiger partial charge on any atom is 0.325 e. The highest BCUT2D eigenvalue weighted by atomic mass is 32.1. The highest BCUT2D eigenvalue weighted by Crippen LogP contribution is 2.25. The molecule has 0 aliphatic heterocycles. The summed E-state index contributed by atoms with van der Waals surface area (Å²) in [6.07, 6.45) is 1.65. The van der Waals surface area contributed by atoms with Gasteiger partial charge in [-0.05, 0) is 19.9 Å². The lowest BCUT2D eigenvalue weighted by Crippen LogP contribution is -2.25. The molecule has 6 heteroatoms. The van der Waals surface area contributed by atoms with Crippen molar-refractivity contribution in [1.82, 2.24) is 9.97 Å². The van der Waals surface area contributed by atoms with Gasteiger partial charge in [0.1, 0.15) is 16.4 Å². The molecule has 2 aromatic rings. The number of pyridine rings is 1. The van der Waals surface area contributed by atoms with E-state index in [4.69, 9.17) is 5.11 Å². The van der Waals surface area contributed by atoms with E-state index in [0.29, 0.717) is 5.69 Å². The quantitative estimate of drug-likeness (QED) is 0.852. The second-order valence-electron chi connectivity index (χ2n) is 3.45. The van der Waals surface area contributed by atoms with Gasteiger partial charge in [-0.1, -0.05) is 11.3 Å². The van der Waals surface area contributed by atoms with E-state index in [9.17, 15) is 4.79 Å². The van der Waals surface area contributed by atoms with Gasteiger partial charge >= 0.3 is 5.97 Å². The van der Waals surface area contributed by atoms with Crippen LogP contribution < -0.4 is 5.32 Å². The van der Waals surface area contributed by atoms with E-state index in [1.54, 1.807) is 19.2 Å². The summed E-state index contributed by atoms with van der Waals surface area (Å²) >= 11 is 1.49. The van der Waals surface area contributed by atoms with Crippen LogP contribution in [0.3, 0.4) is 0 Å². The number of aryl methyl sites for hydroxylation is 1. The molecule has 5 nitrogen and oxygen atoms in total. The molecule has 2 N–H and O–H groups in total. The first-order chi connectivity index (χ1) is 7.58. The van der Waals surface area contributed by atoms with Gasteiger partial charge < -0.3 is 10.4 Å². The Bertz CT molecular complexity index is 538. The Morgan fingerprint density at radius 3 is 3.06 bits per heavy atom. The number of carbonyl (C=O) groups is 1. The Kier molecular flexibility index (Phi) is 2.74. The van der Waals surface area contributed by atoms with Crippen LogP contribution >= 0.6 is 11.3 Å². The smallest absolute Gasteiger partial charge is 0.325 e. The second-order valence-corrected chi connectivity index (χ2v) is 4.63. The zero-order valence-corrected chi connectivity index (χ0v) is 9.71. The largest absolute Gasteiger partial charge is 0.480 e. The summed E-state index contributed by atoms with van der Waals surface area (Å²) in [6.45, 7) is 3.49. The first kappa shape index (κ1) is 10.8. The highest BCUT2D eigenvalue weighted by molar-refractivity contribution is 7.18. The molecule has 0 spiro atoms. The van der Waals surface area contributed by atoms with Crippen molar-refractivity contribution in [1.29, 1.82) is 0 Å². The lowest BCUT2D eigenvalue weighted by Gasteiger charge is -2.10. The average molecular weight is 237 g/mol. The summed E-state index contributed by atoms with van der Waals surface area (Å²) in [5.41, 5.74) is 1.45. The fourth-order valence-corrected chi connectivity index (χ4v) is 2.13. The van der Waals surface area contributed by atoms with Crippen molar-refractivity contribution in [2.24, 2.45) is 0 Å². The number of hydrogen-bond acceptors (Lipinski definition) is 5. The number of aliphatic carboxylic acids is 1. The fourth-order valence-electron chi connectivity index (χ4n) is 1.35. The molecular weight excluding hydrogens is 226 g/mol. The Labute approximate surface area is 96.2 Å². The molecule has 0 fully saturated rings. The minimum atomic E-state index is -0.892. The van der Waals surface area contributed by atoms with E-state index < -0.39 is 12.0 Å². The van der Waals surface area contributed by atoms with Crippen molar-refractivity contribution < 1.29 is 9.90 Å². The summed E-state index contributed by atoms with van der Waals surface area (Å²) in [5, 5.41) is 12.6. The minimum absolute atomic E-state index is 0.646. The minimum Gasteiger partial charge on any atom is -0.480 e. The van der Waals surface area contributed by atoms with Crippen molar-refractivity contribution in [2.45, 2.75) is 19.9 Å². The number of carboxylic acids is 1. The zero-order chi connectivity index (χ0) is 11.7. The maximum atomic E-state index is 10.7. The lowest BCUT2D eigenvalue weighted by atomic mass is 10.3. The Morgan fingerprint density at radius 2 is 2.38 bits per heavy atom. The first-order valence-electron chi connectivity index (χ1n) is 4.79. The summed E-state index contributed by atoms with van der Waals surface area (Å²) in [4.78, 5) is 20.1. The molecule has 0 saturated heterocycles. The number of nitrogens with zero attached hydrogens (tertiary/aromatic N) is 2. The monoisotopic (exact) mass is 237 g/mol. The predicted octanol–water partition coefficient (Wildman–Crippen LogP) is 1.88. The van der Waals surface area contributed by atoms with Crippen LogP contribution in [0.15, 0.2) is 12.3 Å². The third-order valence-corrected chi connectivity index (χ3v) is 3.03. The van der Waals surface area contributed by atoms with Crippen molar-refractivity contribution in [3.05, 3.63) is 17.3 Å². The van der Waals surface area contributed by atoms with Crippen LogP contribution in [0.5, 0.6) is 0 Å². The third-order valence-electron chi connectivity index (χ3n) is 2.15. The molecule has 0 aliphatic carbocycles. The van der Waals surface area contributed by atoms with Crippen molar-refractivity contribution >= 4 is 33.3 Å². The van der Waals surface area contributed by atoms with E-state index in [1.165, 1.54) is 11.3 Å².